The quantitative estimate of drug-likeness (QED) is 0.582. The first-order chi connectivity index (χ1) is 12.6. The van der Waals surface area contributed by atoms with Gasteiger partial charge in [-0.2, -0.15) is 0 Å². The maximum atomic E-state index is 12.5. The zero-order valence-electron chi connectivity index (χ0n) is 14.7. The van der Waals surface area contributed by atoms with E-state index < -0.39 is 11.5 Å². The summed E-state index contributed by atoms with van der Waals surface area (Å²) in [6, 6.07) is 14.4. The Morgan fingerprint density at radius 3 is 2.54 bits per heavy atom. The molecule has 0 radical (unpaired) electrons. The number of hydrogen-bond acceptors (Lipinski definition) is 3. The fourth-order valence-corrected chi connectivity index (χ4v) is 2.96. The summed E-state index contributed by atoms with van der Waals surface area (Å²) in [4.78, 5) is 27.3. The topological polar surface area (TPSA) is 82.2 Å². The molecule has 0 aliphatic heterocycles. The van der Waals surface area contributed by atoms with Crippen LogP contribution in [-0.2, 0) is 6.42 Å². The molecule has 0 fully saturated rings. The molecule has 3 rings (SSSR count). The van der Waals surface area contributed by atoms with Gasteiger partial charge in [0.25, 0.3) is 11.5 Å². The first kappa shape index (κ1) is 17.7. The molecule has 0 atom stereocenters. The molecule has 0 saturated carbocycles. The van der Waals surface area contributed by atoms with Crippen molar-refractivity contribution in [2.75, 3.05) is 5.32 Å². The van der Waals surface area contributed by atoms with Gasteiger partial charge in [-0.1, -0.05) is 44.0 Å². The van der Waals surface area contributed by atoms with Crippen molar-refractivity contribution in [2.45, 2.75) is 32.6 Å². The van der Waals surface area contributed by atoms with Crippen molar-refractivity contribution < 1.29 is 9.90 Å². The number of para-hydroxylation sites is 1. The van der Waals surface area contributed by atoms with Gasteiger partial charge in [-0.25, -0.2) is 0 Å². The van der Waals surface area contributed by atoms with Crippen molar-refractivity contribution in [1.29, 1.82) is 0 Å². The molecule has 0 bridgehead atoms. The van der Waals surface area contributed by atoms with E-state index in [9.17, 15) is 14.7 Å². The Balaban J connectivity index is 1.80. The van der Waals surface area contributed by atoms with Crippen LogP contribution in [-0.4, -0.2) is 16.0 Å². The normalized spacial score (nSPS) is 10.8. The Labute approximate surface area is 151 Å². The van der Waals surface area contributed by atoms with Crippen molar-refractivity contribution in [3.8, 4) is 5.75 Å². The van der Waals surface area contributed by atoms with Crippen LogP contribution in [0.1, 0.15) is 42.1 Å². The lowest BCUT2D eigenvalue weighted by molar-refractivity contribution is 0.102. The lowest BCUT2D eigenvalue weighted by atomic mass is 10.1. The largest absolute Gasteiger partial charge is 0.506 e. The number of anilines is 1. The summed E-state index contributed by atoms with van der Waals surface area (Å²) in [5.41, 5.74) is 1.39. The highest BCUT2D eigenvalue weighted by Crippen LogP contribution is 2.25. The minimum absolute atomic E-state index is 0.282. The van der Waals surface area contributed by atoms with E-state index in [0.29, 0.717) is 16.6 Å². The molecule has 26 heavy (non-hydrogen) atoms. The van der Waals surface area contributed by atoms with E-state index >= 15 is 0 Å². The van der Waals surface area contributed by atoms with Crippen LogP contribution in [0.15, 0.2) is 53.3 Å². The number of aromatic amines is 1. The summed E-state index contributed by atoms with van der Waals surface area (Å²) >= 11 is 0. The van der Waals surface area contributed by atoms with Gasteiger partial charge in [0, 0.05) is 11.1 Å². The monoisotopic (exact) mass is 350 g/mol. The number of aryl methyl sites for hydroxylation is 1. The summed E-state index contributed by atoms with van der Waals surface area (Å²) in [6.07, 6.45) is 4.52. The molecule has 1 amide bonds. The number of carbonyl (C=O) groups excluding carboxylic acids is 1. The zero-order valence-corrected chi connectivity index (χ0v) is 14.7. The lowest BCUT2D eigenvalue weighted by Gasteiger charge is -2.09. The fraction of sp³-hybridized carbons (Fsp3) is 0.238. The third-order valence-corrected chi connectivity index (χ3v) is 4.40. The second kappa shape index (κ2) is 7.87. The highest BCUT2D eigenvalue weighted by molar-refractivity contribution is 6.08. The number of unbranched alkanes of at least 4 members (excludes halogenated alkanes) is 2. The van der Waals surface area contributed by atoms with Gasteiger partial charge < -0.3 is 15.4 Å². The molecule has 0 aliphatic rings. The zero-order chi connectivity index (χ0) is 18.5. The third-order valence-electron chi connectivity index (χ3n) is 4.40. The Morgan fingerprint density at radius 2 is 1.81 bits per heavy atom. The van der Waals surface area contributed by atoms with Gasteiger partial charge in [-0.3, -0.25) is 9.59 Å². The van der Waals surface area contributed by atoms with Crippen LogP contribution in [0, 0.1) is 0 Å². The van der Waals surface area contributed by atoms with Gasteiger partial charge in [0.2, 0.25) is 0 Å². The van der Waals surface area contributed by atoms with Crippen LogP contribution in [0.5, 0.6) is 5.75 Å². The summed E-state index contributed by atoms with van der Waals surface area (Å²) in [6.45, 7) is 2.17. The SMILES string of the molecule is CCCCCc1ccc(NC(=O)c2c(O)c3ccccc3[nH]c2=O)cc1. The standard InChI is InChI=1S/C21H22N2O3/c1-2-3-4-7-14-10-12-15(13-11-14)22-20(25)18-19(24)16-8-5-6-9-17(16)23-21(18)26/h5-6,8-13H,2-4,7H2,1H3,(H,22,25)(H2,23,24,26). The van der Waals surface area contributed by atoms with Crippen LogP contribution in [0.25, 0.3) is 10.9 Å². The van der Waals surface area contributed by atoms with Gasteiger partial charge in [0.05, 0.1) is 5.52 Å². The molecule has 0 saturated heterocycles. The molecule has 0 unspecified atom stereocenters. The Hall–Kier alpha value is -3.08. The number of benzene rings is 2. The van der Waals surface area contributed by atoms with Crippen LogP contribution in [0.3, 0.4) is 0 Å². The predicted octanol–water partition coefficient (Wildman–Crippen LogP) is 4.22. The summed E-state index contributed by atoms with van der Waals surface area (Å²) in [5, 5.41) is 13.5. The molecular formula is C21H22N2O3. The molecule has 3 N–H and O–H groups in total. The second-order valence-electron chi connectivity index (χ2n) is 6.33. The molecule has 134 valence electrons. The van der Waals surface area contributed by atoms with Crippen molar-refractivity contribution >= 4 is 22.5 Å². The average Bonchev–Trinajstić information content (AvgIpc) is 2.63. The Bertz CT molecular complexity index is 975. The second-order valence-corrected chi connectivity index (χ2v) is 6.33. The number of amides is 1. The first-order valence-electron chi connectivity index (χ1n) is 8.84. The predicted molar refractivity (Wildman–Crippen MR) is 104 cm³/mol. The average molecular weight is 350 g/mol. The molecule has 0 aliphatic carbocycles. The minimum Gasteiger partial charge on any atom is -0.506 e. The summed E-state index contributed by atoms with van der Waals surface area (Å²) in [7, 11) is 0. The van der Waals surface area contributed by atoms with Gasteiger partial charge >= 0.3 is 0 Å². The number of nitrogens with one attached hydrogen (secondary N) is 2. The number of carbonyl (C=O) groups is 1. The van der Waals surface area contributed by atoms with Gasteiger partial charge in [0.1, 0.15) is 11.3 Å². The number of pyridine rings is 1. The van der Waals surface area contributed by atoms with Crippen LogP contribution >= 0.6 is 0 Å². The van der Waals surface area contributed by atoms with Crippen LogP contribution < -0.4 is 10.9 Å². The van der Waals surface area contributed by atoms with E-state index in [-0.39, 0.29) is 11.3 Å². The number of H-pyrrole nitrogens is 1. The molecule has 5 heteroatoms. The molecule has 5 nitrogen and oxygen atoms in total. The van der Waals surface area contributed by atoms with E-state index in [2.05, 4.69) is 17.2 Å². The number of aromatic nitrogens is 1. The number of fused-ring (bicyclic) bond motifs is 1. The summed E-state index contributed by atoms with van der Waals surface area (Å²) in [5.74, 6) is -0.939. The number of aromatic hydroxyl groups is 1. The Morgan fingerprint density at radius 1 is 1.08 bits per heavy atom. The van der Waals surface area contributed by atoms with E-state index in [1.807, 2.05) is 24.3 Å². The van der Waals surface area contributed by atoms with E-state index in [1.54, 1.807) is 24.3 Å². The molecule has 1 heterocycles. The van der Waals surface area contributed by atoms with Crippen molar-refractivity contribution in [3.63, 3.8) is 0 Å². The van der Waals surface area contributed by atoms with Crippen molar-refractivity contribution in [1.82, 2.24) is 4.98 Å². The maximum Gasteiger partial charge on any atom is 0.265 e. The Kier molecular flexibility index (Phi) is 5.37. The lowest BCUT2D eigenvalue weighted by Crippen LogP contribution is -2.23. The highest BCUT2D eigenvalue weighted by atomic mass is 16.3. The fourth-order valence-electron chi connectivity index (χ4n) is 2.96. The molecule has 1 aromatic heterocycles. The number of rotatable bonds is 6. The summed E-state index contributed by atoms with van der Waals surface area (Å²) < 4.78 is 0. The van der Waals surface area contributed by atoms with Crippen molar-refractivity contribution in [3.05, 3.63) is 70.0 Å². The molecule has 0 spiro atoms. The van der Waals surface area contributed by atoms with E-state index in [0.717, 1.165) is 12.8 Å². The number of hydrogen-bond donors (Lipinski definition) is 3. The van der Waals surface area contributed by atoms with Crippen molar-refractivity contribution in [2.24, 2.45) is 0 Å². The minimum atomic E-state index is -0.631. The molecular weight excluding hydrogens is 328 g/mol. The van der Waals surface area contributed by atoms with E-state index in [4.69, 9.17) is 0 Å². The highest BCUT2D eigenvalue weighted by Gasteiger charge is 2.19. The van der Waals surface area contributed by atoms with Gasteiger partial charge in [-0.15, -0.1) is 0 Å². The van der Waals surface area contributed by atoms with Crippen LogP contribution in [0.4, 0.5) is 5.69 Å². The van der Waals surface area contributed by atoms with Gasteiger partial charge in [-0.05, 0) is 42.7 Å². The smallest absolute Gasteiger partial charge is 0.265 e. The molecule has 3 aromatic rings. The third kappa shape index (κ3) is 3.77. The maximum absolute atomic E-state index is 12.5. The first-order valence-corrected chi connectivity index (χ1v) is 8.84. The van der Waals surface area contributed by atoms with E-state index in [1.165, 1.54) is 18.4 Å². The van der Waals surface area contributed by atoms with Crippen LogP contribution in [0.2, 0.25) is 0 Å². The molecule has 2 aromatic carbocycles. The van der Waals surface area contributed by atoms with Gasteiger partial charge in [0.15, 0.2) is 0 Å².